The summed E-state index contributed by atoms with van der Waals surface area (Å²) in [7, 11) is 0. The summed E-state index contributed by atoms with van der Waals surface area (Å²) in [5.74, 6) is 0.175. The molecule has 0 saturated carbocycles. The molecule has 1 saturated heterocycles. The molecular formula is C11H15N3O4S. The van der Waals surface area contributed by atoms with E-state index in [9.17, 15) is 14.3 Å². The highest BCUT2D eigenvalue weighted by atomic mass is 32.2. The molecule has 104 valence electrons. The Labute approximate surface area is 113 Å². The zero-order valence-corrected chi connectivity index (χ0v) is 11.1. The average molecular weight is 285 g/mol. The molecule has 1 aliphatic heterocycles. The maximum absolute atomic E-state index is 10.7. The maximum atomic E-state index is 10.7. The summed E-state index contributed by atoms with van der Waals surface area (Å²) in [6.07, 6.45) is 0. The fourth-order valence-electron chi connectivity index (χ4n) is 2.08. The molecule has 0 spiro atoms. The molecule has 19 heavy (non-hydrogen) atoms. The van der Waals surface area contributed by atoms with Gasteiger partial charge >= 0.3 is 0 Å². The molecule has 2 rings (SSSR count). The van der Waals surface area contributed by atoms with E-state index in [0.29, 0.717) is 13.1 Å². The van der Waals surface area contributed by atoms with E-state index >= 15 is 0 Å². The number of rotatable bonds is 4. The smallest absolute Gasteiger partial charge is 0.269 e. The lowest BCUT2D eigenvalue weighted by molar-refractivity contribution is -0.384. The fourth-order valence-corrected chi connectivity index (χ4v) is 2.65. The predicted octanol–water partition coefficient (Wildman–Crippen LogP) is 0.896. The minimum atomic E-state index is -1.79. The van der Waals surface area contributed by atoms with Crippen LogP contribution in [0.2, 0.25) is 0 Å². The Morgan fingerprint density at radius 3 is 2.26 bits per heavy atom. The van der Waals surface area contributed by atoms with E-state index in [4.69, 9.17) is 4.55 Å². The van der Waals surface area contributed by atoms with Gasteiger partial charge in [-0.2, -0.15) is 0 Å². The van der Waals surface area contributed by atoms with Crippen molar-refractivity contribution < 1.29 is 13.7 Å². The predicted molar refractivity (Wildman–Crippen MR) is 72.5 cm³/mol. The number of non-ortho nitro benzene ring substituents is 1. The number of anilines is 1. The van der Waals surface area contributed by atoms with Gasteiger partial charge in [-0.3, -0.25) is 15.0 Å². The molecule has 8 heteroatoms. The topological polar surface area (TPSA) is 86.9 Å². The van der Waals surface area contributed by atoms with Gasteiger partial charge in [0.2, 0.25) is 0 Å². The van der Waals surface area contributed by atoms with Crippen LogP contribution in [0.25, 0.3) is 0 Å². The number of nitro benzene ring substituents is 1. The van der Waals surface area contributed by atoms with Crippen molar-refractivity contribution in [2.75, 3.05) is 37.0 Å². The molecule has 0 aromatic heterocycles. The van der Waals surface area contributed by atoms with Crippen molar-refractivity contribution in [3.8, 4) is 0 Å². The third-order valence-corrected chi connectivity index (χ3v) is 3.68. The average Bonchev–Trinajstić information content (AvgIpc) is 2.39. The fraction of sp³-hybridized carbons (Fsp3) is 0.455. The summed E-state index contributed by atoms with van der Waals surface area (Å²) in [4.78, 5) is 14.2. The Kier molecular flexibility index (Phi) is 4.46. The van der Waals surface area contributed by atoms with Gasteiger partial charge in [0.1, 0.15) is 5.88 Å². The maximum Gasteiger partial charge on any atom is 0.269 e. The van der Waals surface area contributed by atoms with Crippen molar-refractivity contribution in [3.05, 3.63) is 34.4 Å². The first-order valence-corrected chi connectivity index (χ1v) is 7.13. The van der Waals surface area contributed by atoms with Gasteiger partial charge in [-0.05, 0) is 12.1 Å². The van der Waals surface area contributed by atoms with Crippen LogP contribution in [-0.4, -0.2) is 50.6 Å². The molecule has 7 nitrogen and oxygen atoms in total. The van der Waals surface area contributed by atoms with Gasteiger partial charge in [-0.1, -0.05) is 0 Å². The molecule has 1 heterocycles. The first kappa shape index (κ1) is 13.9. The van der Waals surface area contributed by atoms with E-state index in [2.05, 4.69) is 4.90 Å². The standard InChI is InChI=1S/C11H15N3O4S/c15-14(16)11-3-1-10(2-4-11)13-7-5-12(6-8-13)9-19(17)18/h1-4H,5-9H2,(H,17,18). The molecule has 1 unspecified atom stereocenters. The lowest BCUT2D eigenvalue weighted by Gasteiger charge is -2.35. The monoisotopic (exact) mass is 285 g/mol. The van der Waals surface area contributed by atoms with Crippen LogP contribution in [0.3, 0.4) is 0 Å². The number of benzene rings is 1. The number of nitrogens with zero attached hydrogens (tertiary/aromatic N) is 3. The van der Waals surface area contributed by atoms with Gasteiger partial charge in [-0.15, -0.1) is 0 Å². The molecule has 1 N–H and O–H groups in total. The SMILES string of the molecule is O=[N+]([O-])c1ccc(N2CCN(CS(=O)O)CC2)cc1. The molecule has 0 amide bonds. The molecule has 0 radical (unpaired) electrons. The van der Waals surface area contributed by atoms with Gasteiger partial charge in [0, 0.05) is 44.0 Å². The summed E-state index contributed by atoms with van der Waals surface area (Å²) in [6.45, 7) is 2.91. The highest BCUT2D eigenvalue weighted by Gasteiger charge is 2.18. The van der Waals surface area contributed by atoms with Crippen LogP contribution >= 0.6 is 0 Å². The van der Waals surface area contributed by atoms with Crippen molar-refractivity contribution >= 4 is 22.5 Å². The second-order valence-electron chi connectivity index (χ2n) is 4.33. The van der Waals surface area contributed by atoms with E-state index in [1.807, 2.05) is 4.90 Å². The number of piperazine rings is 1. The number of nitro groups is 1. The lowest BCUT2D eigenvalue weighted by atomic mass is 10.2. The minimum Gasteiger partial charge on any atom is -0.369 e. The van der Waals surface area contributed by atoms with Crippen molar-refractivity contribution in [1.29, 1.82) is 0 Å². The molecule has 0 aliphatic carbocycles. The summed E-state index contributed by atoms with van der Waals surface area (Å²) in [6, 6.07) is 6.45. The van der Waals surface area contributed by atoms with Gasteiger partial charge in [-0.25, -0.2) is 4.21 Å². The van der Waals surface area contributed by atoms with E-state index in [1.165, 1.54) is 12.1 Å². The molecule has 1 fully saturated rings. The Bertz CT molecular complexity index is 471. The van der Waals surface area contributed by atoms with Crippen LogP contribution in [-0.2, 0) is 11.1 Å². The minimum absolute atomic E-state index is 0.0815. The first-order valence-electron chi connectivity index (χ1n) is 5.85. The summed E-state index contributed by atoms with van der Waals surface area (Å²) < 4.78 is 19.5. The van der Waals surface area contributed by atoms with E-state index in [1.54, 1.807) is 12.1 Å². The van der Waals surface area contributed by atoms with Crippen LogP contribution in [0.5, 0.6) is 0 Å². The van der Waals surface area contributed by atoms with Crippen molar-refractivity contribution in [3.63, 3.8) is 0 Å². The first-order chi connectivity index (χ1) is 9.06. The van der Waals surface area contributed by atoms with Gasteiger partial charge in [0.05, 0.1) is 4.92 Å². The van der Waals surface area contributed by atoms with E-state index in [-0.39, 0.29) is 11.6 Å². The molecule has 1 atom stereocenters. The van der Waals surface area contributed by atoms with Crippen LogP contribution in [0, 0.1) is 10.1 Å². The summed E-state index contributed by atoms with van der Waals surface area (Å²) in [5, 5.41) is 10.6. The Morgan fingerprint density at radius 1 is 1.21 bits per heavy atom. The van der Waals surface area contributed by atoms with Crippen LogP contribution in [0.1, 0.15) is 0 Å². The zero-order chi connectivity index (χ0) is 13.8. The Morgan fingerprint density at radius 2 is 1.79 bits per heavy atom. The van der Waals surface area contributed by atoms with Crippen LogP contribution in [0.4, 0.5) is 11.4 Å². The second kappa shape index (κ2) is 6.09. The zero-order valence-electron chi connectivity index (χ0n) is 10.3. The quantitative estimate of drug-likeness (QED) is 0.502. The summed E-state index contributed by atoms with van der Waals surface area (Å²) >= 11 is -1.79. The Balaban J connectivity index is 1.94. The van der Waals surface area contributed by atoms with Gasteiger partial charge in [0.25, 0.3) is 5.69 Å². The van der Waals surface area contributed by atoms with Crippen LogP contribution in [0.15, 0.2) is 24.3 Å². The highest BCUT2D eigenvalue weighted by molar-refractivity contribution is 7.79. The molecule has 1 aliphatic rings. The molecule has 0 bridgehead atoms. The third-order valence-electron chi connectivity index (χ3n) is 3.09. The Hall–Kier alpha value is -1.51. The second-order valence-corrected chi connectivity index (χ2v) is 5.23. The molecular weight excluding hydrogens is 270 g/mol. The highest BCUT2D eigenvalue weighted by Crippen LogP contribution is 2.20. The normalized spacial score (nSPS) is 18.3. The van der Waals surface area contributed by atoms with Crippen molar-refractivity contribution in [2.24, 2.45) is 0 Å². The van der Waals surface area contributed by atoms with Crippen LogP contribution < -0.4 is 4.90 Å². The van der Waals surface area contributed by atoms with Gasteiger partial charge < -0.3 is 9.45 Å². The molecule has 1 aromatic rings. The number of hydrogen-bond donors (Lipinski definition) is 1. The summed E-state index contributed by atoms with van der Waals surface area (Å²) in [5.41, 5.74) is 1.02. The van der Waals surface area contributed by atoms with Crippen molar-refractivity contribution in [1.82, 2.24) is 4.90 Å². The van der Waals surface area contributed by atoms with Gasteiger partial charge in [0.15, 0.2) is 11.1 Å². The largest absolute Gasteiger partial charge is 0.369 e. The number of hydrogen-bond acceptors (Lipinski definition) is 5. The van der Waals surface area contributed by atoms with E-state index < -0.39 is 16.0 Å². The molecule has 1 aromatic carbocycles. The van der Waals surface area contributed by atoms with E-state index in [0.717, 1.165) is 18.8 Å². The third kappa shape index (κ3) is 3.72. The lowest BCUT2D eigenvalue weighted by Crippen LogP contribution is -2.47. The van der Waals surface area contributed by atoms with Crippen molar-refractivity contribution in [2.45, 2.75) is 0 Å².